The number of amides is 1. The second-order valence-electron chi connectivity index (χ2n) is 8.06. The normalized spacial score (nSPS) is 17.3. The Hall–Kier alpha value is -2.11. The van der Waals surface area contributed by atoms with Crippen LogP contribution in [0.4, 0.5) is 0 Å². The third-order valence-electron chi connectivity index (χ3n) is 4.47. The second kappa shape index (κ2) is 9.20. The molecule has 1 aromatic carbocycles. The van der Waals surface area contributed by atoms with Gasteiger partial charge in [0.15, 0.2) is 0 Å². The molecule has 0 bridgehead atoms. The van der Waals surface area contributed by atoms with Crippen LogP contribution in [0.15, 0.2) is 48.6 Å². The lowest BCUT2D eigenvalue weighted by atomic mass is 9.96. The lowest BCUT2D eigenvalue weighted by Crippen LogP contribution is -2.47. The van der Waals surface area contributed by atoms with Crippen LogP contribution >= 0.6 is 0 Å². The number of rotatable bonds is 10. The van der Waals surface area contributed by atoms with Crippen LogP contribution in [0.25, 0.3) is 0 Å². The van der Waals surface area contributed by atoms with Crippen LogP contribution in [-0.4, -0.2) is 36.7 Å². The minimum Gasteiger partial charge on any atom is -0.490 e. The summed E-state index contributed by atoms with van der Waals surface area (Å²) in [6, 6.07) is 8.03. The third kappa shape index (κ3) is 6.52. The summed E-state index contributed by atoms with van der Waals surface area (Å²) in [5.41, 5.74) is 1.54. The molecule has 0 saturated carbocycles. The zero-order valence-corrected chi connectivity index (χ0v) is 17.0. The second-order valence-corrected chi connectivity index (χ2v) is 8.06. The van der Waals surface area contributed by atoms with Gasteiger partial charge >= 0.3 is 0 Å². The van der Waals surface area contributed by atoms with E-state index in [0.29, 0.717) is 13.2 Å². The van der Waals surface area contributed by atoms with Crippen LogP contribution in [0.3, 0.4) is 0 Å². The van der Waals surface area contributed by atoms with Crippen LogP contribution in [-0.2, 0) is 11.3 Å². The summed E-state index contributed by atoms with van der Waals surface area (Å²) in [7, 11) is 0. The summed E-state index contributed by atoms with van der Waals surface area (Å²) in [5.74, 6) is 0.871. The number of hydrogen-bond acceptors (Lipinski definition) is 4. The van der Waals surface area contributed by atoms with Gasteiger partial charge in [0, 0.05) is 29.7 Å². The molecule has 0 unspecified atom stereocenters. The number of ether oxygens (including phenoxy) is 1. The average molecular weight is 372 g/mol. The predicted octanol–water partition coefficient (Wildman–Crippen LogP) is 2.93. The van der Waals surface area contributed by atoms with Crippen molar-refractivity contribution in [3.05, 3.63) is 54.1 Å². The first-order valence-electron chi connectivity index (χ1n) is 9.58. The van der Waals surface area contributed by atoms with Gasteiger partial charge in [0.25, 0.3) is 0 Å². The number of nitrogens with one attached hydrogen (secondary N) is 3. The predicted molar refractivity (Wildman–Crippen MR) is 111 cm³/mol. The molecule has 0 spiro atoms. The number of benzene rings is 1. The van der Waals surface area contributed by atoms with E-state index in [1.165, 1.54) is 5.56 Å². The summed E-state index contributed by atoms with van der Waals surface area (Å²) in [5, 5.41) is 9.90. The highest BCUT2D eigenvalue weighted by Crippen LogP contribution is 2.29. The van der Waals surface area contributed by atoms with Gasteiger partial charge in [-0.05, 0) is 58.4 Å². The van der Waals surface area contributed by atoms with Crippen molar-refractivity contribution in [3.8, 4) is 5.75 Å². The van der Waals surface area contributed by atoms with E-state index in [2.05, 4.69) is 42.4 Å². The van der Waals surface area contributed by atoms with Crippen molar-refractivity contribution in [3.63, 3.8) is 0 Å². The molecular formula is C22H33N3O2. The van der Waals surface area contributed by atoms with Gasteiger partial charge in [-0.3, -0.25) is 10.1 Å². The average Bonchev–Trinajstić information content (AvgIpc) is 2.83. The fourth-order valence-electron chi connectivity index (χ4n) is 3.44. The molecule has 0 radical (unpaired) electrons. The molecule has 5 nitrogen and oxygen atoms in total. The van der Waals surface area contributed by atoms with E-state index < -0.39 is 0 Å². The smallest absolute Gasteiger partial charge is 0.248 e. The van der Waals surface area contributed by atoms with E-state index in [1.807, 2.05) is 38.1 Å². The van der Waals surface area contributed by atoms with Crippen LogP contribution in [0, 0.1) is 0 Å². The minimum atomic E-state index is -0.301. The maximum Gasteiger partial charge on any atom is 0.248 e. The van der Waals surface area contributed by atoms with Gasteiger partial charge in [0.05, 0.1) is 0 Å². The van der Waals surface area contributed by atoms with Gasteiger partial charge in [0.1, 0.15) is 12.4 Å². The lowest BCUT2D eigenvalue weighted by Gasteiger charge is -2.27. The van der Waals surface area contributed by atoms with Gasteiger partial charge in [-0.2, -0.15) is 0 Å². The van der Waals surface area contributed by atoms with Crippen molar-refractivity contribution in [2.24, 2.45) is 0 Å². The van der Waals surface area contributed by atoms with E-state index in [9.17, 15) is 4.79 Å². The highest BCUT2D eigenvalue weighted by molar-refractivity contribution is 5.96. The Morgan fingerprint density at radius 1 is 1.26 bits per heavy atom. The Kier molecular flexibility index (Phi) is 7.22. The first kappa shape index (κ1) is 21.2. The fraction of sp³-hybridized carbons (Fsp3) is 0.500. The van der Waals surface area contributed by atoms with E-state index in [1.54, 1.807) is 6.08 Å². The molecule has 2 rings (SSSR count). The maximum absolute atomic E-state index is 12.5. The maximum atomic E-state index is 12.5. The standard InChI is InChI=1S/C22H33N3O2/c1-6-13-27-18-10-7-9-17(14-18)16-23-11-8-12-24-20(26)19-15-21(2,3)25-22(19,4)5/h6-7,9-10,14-15,23,25H,1,8,11-13,16H2,2-5H3,(H,24,26). The monoisotopic (exact) mass is 371 g/mol. The number of carbonyl (C=O) groups excluding carboxylic acids is 1. The molecule has 1 aliphatic heterocycles. The van der Waals surface area contributed by atoms with Crippen molar-refractivity contribution in [2.45, 2.75) is 51.7 Å². The van der Waals surface area contributed by atoms with Crippen LogP contribution in [0.2, 0.25) is 0 Å². The molecule has 0 aromatic heterocycles. The zero-order chi connectivity index (χ0) is 19.9. The van der Waals surface area contributed by atoms with Gasteiger partial charge in [0.2, 0.25) is 5.91 Å². The Morgan fingerprint density at radius 2 is 2.04 bits per heavy atom. The van der Waals surface area contributed by atoms with E-state index in [0.717, 1.165) is 30.8 Å². The summed E-state index contributed by atoms with van der Waals surface area (Å²) in [6.45, 7) is 14.7. The Bertz CT molecular complexity index is 693. The Morgan fingerprint density at radius 3 is 2.70 bits per heavy atom. The molecule has 1 heterocycles. The molecule has 3 N–H and O–H groups in total. The van der Waals surface area contributed by atoms with Gasteiger partial charge < -0.3 is 15.4 Å². The van der Waals surface area contributed by atoms with Gasteiger partial charge in [-0.15, -0.1) is 0 Å². The largest absolute Gasteiger partial charge is 0.490 e. The highest BCUT2D eigenvalue weighted by Gasteiger charge is 2.39. The van der Waals surface area contributed by atoms with E-state index in [4.69, 9.17) is 4.74 Å². The quantitative estimate of drug-likeness (QED) is 0.437. The van der Waals surface area contributed by atoms with Crippen molar-refractivity contribution >= 4 is 5.91 Å². The van der Waals surface area contributed by atoms with Gasteiger partial charge in [-0.1, -0.05) is 30.9 Å². The third-order valence-corrected chi connectivity index (χ3v) is 4.47. The van der Waals surface area contributed by atoms with Crippen LogP contribution < -0.4 is 20.7 Å². The molecular weight excluding hydrogens is 338 g/mol. The summed E-state index contributed by atoms with van der Waals surface area (Å²) in [6.07, 6.45) is 4.64. The van der Waals surface area contributed by atoms with Crippen molar-refractivity contribution in [2.75, 3.05) is 19.7 Å². The van der Waals surface area contributed by atoms with E-state index in [-0.39, 0.29) is 17.0 Å². The Labute approximate surface area is 163 Å². The SMILES string of the molecule is C=CCOc1cccc(CNCCCNC(=O)C2=CC(C)(C)NC2(C)C)c1. The molecule has 1 aliphatic rings. The van der Waals surface area contributed by atoms with E-state index >= 15 is 0 Å². The molecule has 5 heteroatoms. The minimum absolute atomic E-state index is 0.0187. The lowest BCUT2D eigenvalue weighted by molar-refractivity contribution is -0.118. The molecule has 148 valence electrons. The molecule has 0 aliphatic carbocycles. The zero-order valence-electron chi connectivity index (χ0n) is 17.0. The molecule has 27 heavy (non-hydrogen) atoms. The van der Waals surface area contributed by atoms with Crippen molar-refractivity contribution < 1.29 is 9.53 Å². The highest BCUT2D eigenvalue weighted by atomic mass is 16.5. The summed E-state index contributed by atoms with van der Waals surface area (Å²) < 4.78 is 5.54. The van der Waals surface area contributed by atoms with Gasteiger partial charge in [-0.25, -0.2) is 0 Å². The molecule has 1 aromatic rings. The van der Waals surface area contributed by atoms with Crippen molar-refractivity contribution in [1.29, 1.82) is 0 Å². The Balaban J connectivity index is 1.68. The number of carbonyl (C=O) groups is 1. The molecule has 1 amide bonds. The van der Waals surface area contributed by atoms with Crippen LogP contribution in [0.5, 0.6) is 5.75 Å². The summed E-state index contributed by atoms with van der Waals surface area (Å²) in [4.78, 5) is 12.5. The summed E-state index contributed by atoms with van der Waals surface area (Å²) >= 11 is 0. The molecule has 0 fully saturated rings. The topological polar surface area (TPSA) is 62.4 Å². The fourth-order valence-corrected chi connectivity index (χ4v) is 3.44. The molecule has 0 saturated heterocycles. The number of hydrogen-bond donors (Lipinski definition) is 3. The first-order chi connectivity index (χ1) is 12.7. The van der Waals surface area contributed by atoms with Crippen LogP contribution in [0.1, 0.15) is 39.7 Å². The van der Waals surface area contributed by atoms with Crippen molar-refractivity contribution in [1.82, 2.24) is 16.0 Å². The molecule has 0 atom stereocenters. The first-order valence-corrected chi connectivity index (χ1v) is 9.58.